The van der Waals surface area contributed by atoms with E-state index in [1.165, 1.54) is 0 Å². The number of hydrogen-bond acceptors (Lipinski definition) is 3. The number of halogens is 1. The highest BCUT2D eigenvalue weighted by Gasteiger charge is 2.24. The first-order chi connectivity index (χ1) is 10.1. The Balaban J connectivity index is 0.00000441. The number of nitrogens with one attached hydrogen (secondary N) is 1. The van der Waals surface area contributed by atoms with Gasteiger partial charge in [-0.15, -0.1) is 12.4 Å². The second kappa shape index (κ2) is 11.0. The zero-order valence-corrected chi connectivity index (χ0v) is 14.1. The van der Waals surface area contributed by atoms with Crippen molar-refractivity contribution in [1.82, 2.24) is 4.90 Å². The van der Waals surface area contributed by atoms with Gasteiger partial charge in [0, 0.05) is 18.7 Å². The molecule has 0 aliphatic rings. The first kappa shape index (κ1) is 20.4. The quantitative estimate of drug-likeness (QED) is 0.770. The number of rotatable bonds is 8. The van der Waals surface area contributed by atoms with Gasteiger partial charge in [0.05, 0.1) is 0 Å². The SMILES string of the molecule is CCCN(C(=O)CCCN)C(C)C(=O)Nc1ccccc1.Cl. The van der Waals surface area contributed by atoms with Crippen molar-refractivity contribution in [3.05, 3.63) is 30.3 Å². The van der Waals surface area contributed by atoms with Gasteiger partial charge in [-0.3, -0.25) is 9.59 Å². The molecular weight excluding hydrogens is 302 g/mol. The Hall–Kier alpha value is -1.59. The lowest BCUT2D eigenvalue weighted by molar-refractivity contribution is -0.138. The molecule has 0 aromatic heterocycles. The number of hydrogen-bond donors (Lipinski definition) is 2. The molecule has 3 N–H and O–H groups in total. The van der Waals surface area contributed by atoms with Crippen molar-refractivity contribution < 1.29 is 9.59 Å². The molecule has 0 saturated carbocycles. The van der Waals surface area contributed by atoms with Crippen molar-refractivity contribution in [2.45, 2.75) is 39.2 Å². The monoisotopic (exact) mass is 327 g/mol. The smallest absolute Gasteiger partial charge is 0.246 e. The van der Waals surface area contributed by atoms with Gasteiger partial charge in [0.2, 0.25) is 11.8 Å². The Bertz CT molecular complexity index is 454. The second-order valence-corrected chi connectivity index (χ2v) is 5.01. The van der Waals surface area contributed by atoms with Gasteiger partial charge in [-0.1, -0.05) is 25.1 Å². The van der Waals surface area contributed by atoms with Crippen LogP contribution in [0, 0.1) is 0 Å². The molecule has 0 radical (unpaired) electrons. The van der Waals surface area contributed by atoms with Crippen molar-refractivity contribution in [2.75, 3.05) is 18.4 Å². The molecule has 124 valence electrons. The molecule has 2 amide bonds. The number of para-hydroxylation sites is 1. The average molecular weight is 328 g/mol. The summed E-state index contributed by atoms with van der Waals surface area (Å²) in [6, 6.07) is 8.76. The summed E-state index contributed by atoms with van der Waals surface area (Å²) in [5.74, 6) is -0.186. The van der Waals surface area contributed by atoms with Crippen LogP contribution in [0.5, 0.6) is 0 Å². The Labute approximate surface area is 138 Å². The van der Waals surface area contributed by atoms with E-state index in [1.54, 1.807) is 11.8 Å². The highest BCUT2D eigenvalue weighted by molar-refractivity contribution is 5.96. The average Bonchev–Trinajstić information content (AvgIpc) is 2.50. The van der Waals surface area contributed by atoms with E-state index < -0.39 is 6.04 Å². The minimum atomic E-state index is -0.490. The van der Waals surface area contributed by atoms with E-state index in [1.807, 2.05) is 37.3 Å². The van der Waals surface area contributed by atoms with E-state index in [9.17, 15) is 9.59 Å². The molecule has 0 bridgehead atoms. The summed E-state index contributed by atoms with van der Waals surface area (Å²) < 4.78 is 0. The molecule has 1 atom stereocenters. The summed E-state index contributed by atoms with van der Waals surface area (Å²) in [5, 5.41) is 2.83. The van der Waals surface area contributed by atoms with Crippen molar-refractivity contribution in [3.63, 3.8) is 0 Å². The summed E-state index contributed by atoms with van der Waals surface area (Å²) in [7, 11) is 0. The third-order valence-electron chi connectivity index (χ3n) is 3.27. The van der Waals surface area contributed by atoms with Gasteiger partial charge >= 0.3 is 0 Å². The van der Waals surface area contributed by atoms with Crippen LogP contribution in [0.4, 0.5) is 5.69 Å². The van der Waals surface area contributed by atoms with Gasteiger partial charge in [0.25, 0.3) is 0 Å². The summed E-state index contributed by atoms with van der Waals surface area (Å²) in [4.78, 5) is 26.1. The normalized spacial score (nSPS) is 11.2. The molecule has 0 spiro atoms. The number of carbonyl (C=O) groups excluding carboxylic acids is 2. The zero-order chi connectivity index (χ0) is 15.7. The van der Waals surface area contributed by atoms with Gasteiger partial charge in [-0.25, -0.2) is 0 Å². The lowest BCUT2D eigenvalue weighted by Gasteiger charge is -2.28. The third kappa shape index (κ3) is 6.45. The number of anilines is 1. The Morgan fingerprint density at radius 3 is 2.45 bits per heavy atom. The molecule has 5 nitrogen and oxygen atoms in total. The van der Waals surface area contributed by atoms with Crippen molar-refractivity contribution in [2.24, 2.45) is 5.73 Å². The highest BCUT2D eigenvalue weighted by atomic mass is 35.5. The van der Waals surface area contributed by atoms with E-state index in [0.717, 1.165) is 12.1 Å². The molecule has 1 rings (SSSR count). The molecule has 22 heavy (non-hydrogen) atoms. The van der Waals surface area contributed by atoms with Crippen molar-refractivity contribution >= 4 is 29.9 Å². The molecule has 1 unspecified atom stereocenters. The molecule has 0 heterocycles. The van der Waals surface area contributed by atoms with Gasteiger partial charge in [0.1, 0.15) is 6.04 Å². The minimum Gasteiger partial charge on any atom is -0.331 e. The van der Waals surface area contributed by atoms with Crippen LogP contribution in [-0.4, -0.2) is 35.8 Å². The van der Waals surface area contributed by atoms with Crippen molar-refractivity contribution in [1.29, 1.82) is 0 Å². The van der Waals surface area contributed by atoms with E-state index >= 15 is 0 Å². The van der Waals surface area contributed by atoms with Crippen LogP contribution >= 0.6 is 12.4 Å². The first-order valence-electron chi connectivity index (χ1n) is 7.45. The predicted octanol–water partition coefficient (Wildman–Crippen LogP) is 2.41. The number of carbonyl (C=O) groups is 2. The van der Waals surface area contributed by atoms with E-state index in [0.29, 0.717) is 25.9 Å². The maximum atomic E-state index is 12.3. The summed E-state index contributed by atoms with van der Waals surface area (Å²) in [6.45, 7) is 4.81. The number of benzene rings is 1. The van der Waals surface area contributed by atoms with Gasteiger partial charge in [-0.2, -0.15) is 0 Å². The summed E-state index contributed by atoms with van der Waals surface area (Å²) in [5.41, 5.74) is 6.18. The van der Waals surface area contributed by atoms with Crippen LogP contribution in [0.3, 0.4) is 0 Å². The molecule has 0 aliphatic heterocycles. The van der Waals surface area contributed by atoms with E-state index in [-0.39, 0.29) is 24.2 Å². The zero-order valence-electron chi connectivity index (χ0n) is 13.2. The Kier molecular flexibility index (Phi) is 10.2. The molecule has 0 fully saturated rings. The minimum absolute atomic E-state index is 0. The van der Waals surface area contributed by atoms with E-state index in [2.05, 4.69) is 5.32 Å². The van der Waals surface area contributed by atoms with Crippen LogP contribution in [-0.2, 0) is 9.59 Å². The van der Waals surface area contributed by atoms with Crippen molar-refractivity contribution in [3.8, 4) is 0 Å². The van der Waals surface area contributed by atoms with Crippen LogP contribution in [0.15, 0.2) is 30.3 Å². The maximum absolute atomic E-state index is 12.3. The predicted molar refractivity (Wildman–Crippen MR) is 92.1 cm³/mol. The Morgan fingerprint density at radius 2 is 1.91 bits per heavy atom. The Morgan fingerprint density at radius 1 is 1.27 bits per heavy atom. The van der Waals surface area contributed by atoms with Gasteiger partial charge < -0.3 is 16.0 Å². The van der Waals surface area contributed by atoms with E-state index in [4.69, 9.17) is 5.73 Å². The van der Waals surface area contributed by atoms with Crippen LogP contribution in [0.1, 0.15) is 33.1 Å². The van der Waals surface area contributed by atoms with Gasteiger partial charge in [0.15, 0.2) is 0 Å². The summed E-state index contributed by atoms with van der Waals surface area (Å²) in [6.07, 6.45) is 1.85. The fourth-order valence-electron chi connectivity index (χ4n) is 2.08. The largest absolute Gasteiger partial charge is 0.331 e. The molecule has 0 aliphatic carbocycles. The van der Waals surface area contributed by atoms with Crippen LogP contribution < -0.4 is 11.1 Å². The third-order valence-corrected chi connectivity index (χ3v) is 3.27. The lowest BCUT2D eigenvalue weighted by Crippen LogP contribution is -2.46. The molecular formula is C16H26ClN3O2. The lowest BCUT2D eigenvalue weighted by atomic mass is 10.2. The standard InChI is InChI=1S/C16H25N3O2.ClH/c1-3-12-19(15(20)10-7-11-17)13(2)16(21)18-14-8-5-4-6-9-14;/h4-6,8-9,13H,3,7,10-12,17H2,1-2H3,(H,18,21);1H. The molecule has 0 saturated heterocycles. The highest BCUT2D eigenvalue weighted by Crippen LogP contribution is 2.10. The summed E-state index contributed by atoms with van der Waals surface area (Å²) >= 11 is 0. The fraction of sp³-hybridized carbons (Fsp3) is 0.500. The first-order valence-corrected chi connectivity index (χ1v) is 7.45. The second-order valence-electron chi connectivity index (χ2n) is 5.01. The number of nitrogens with zero attached hydrogens (tertiary/aromatic N) is 1. The maximum Gasteiger partial charge on any atom is 0.246 e. The topological polar surface area (TPSA) is 75.4 Å². The molecule has 6 heteroatoms. The van der Waals surface area contributed by atoms with Crippen LogP contribution in [0.25, 0.3) is 0 Å². The fourth-order valence-corrected chi connectivity index (χ4v) is 2.08. The molecule has 1 aromatic carbocycles. The van der Waals surface area contributed by atoms with Gasteiger partial charge in [-0.05, 0) is 38.4 Å². The number of nitrogens with two attached hydrogens (primary N) is 1. The number of amides is 2. The van der Waals surface area contributed by atoms with Crippen LogP contribution in [0.2, 0.25) is 0 Å². The molecule has 1 aromatic rings.